The van der Waals surface area contributed by atoms with Crippen molar-refractivity contribution in [3.8, 4) is 0 Å². The highest BCUT2D eigenvalue weighted by atomic mass is 19.1. The first-order valence-electron chi connectivity index (χ1n) is 7.98. The van der Waals surface area contributed by atoms with E-state index in [2.05, 4.69) is 10.4 Å². The SMILES string of the molecule is Cn1ncc(NC(=O)Cc2cccc(F)c2)c(N2CCOCC2)c1=O. The van der Waals surface area contributed by atoms with E-state index in [1.54, 1.807) is 19.2 Å². The van der Waals surface area contributed by atoms with Crippen LogP contribution in [0.4, 0.5) is 15.8 Å². The Morgan fingerprint density at radius 2 is 2.12 bits per heavy atom. The second kappa shape index (κ2) is 7.43. The van der Waals surface area contributed by atoms with E-state index in [9.17, 15) is 14.0 Å². The van der Waals surface area contributed by atoms with Gasteiger partial charge in [-0.3, -0.25) is 9.59 Å². The summed E-state index contributed by atoms with van der Waals surface area (Å²) in [6.45, 7) is 2.16. The zero-order valence-corrected chi connectivity index (χ0v) is 13.9. The number of anilines is 2. The van der Waals surface area contributed by atoms with Gasteiger partial charge in [0.15, 0.2) is 0 Å². The molecule has 2 aromatic rings. The third kappa shape index (κ3) is 4.03. The third-order valence-electron chi connectivity index (χ3n) is 3.97. The van der Waals surface area contributed by atoms with E-state index in [0.717, 1.165) is 0 Å². The molecule has 1 amide bonds. The summed E-state index contributed by atoms with van der Waals surface area (Å²) in [4.78, 5) is 26.7. The van der Waals surface area contributed by atoms with E-state index in [4.69, 9.17) is 4.74 Å². The molecule has 1 N–H and O–H groups in total. The quantitative estimate of drug-likeness (QED) is 0.892. The number of nitrogens with zero attached hydrogens (tertiary/aromatic N) is 3. The first-order valence-corrected chi connectivity index (χ1v) is 7.98. The first kappa shape index (κ1) is 17.1. The molecule has 0 bridgehead atoms. The molecule has 7 nitrogen and oxygen atoms in total. The molecule has 0 aliphatic carbocycles. The number of morpholine rings is 1. The first-order chi connectivity index (χ1) is 12.0. The van der Waals surface area contributed by atoms with Crippen molar-refractivity contribution in [2.75, 3.05) is 36.5 Å². The molecule has 3 rings (SSSR count). The normalized spacial score (nSPS) is 14.4. The molecule has 0 unspecified atom stereocenters. The Kier molecular flexibility index (Phi) is 5.08. The van der Waals surface area contributed by atoms with Crippen LogP contribution in [0.3, 0.4) is 0 Å². The third-order valence-corrected chi connectivity index (χ3v) is 3.97. The summed E-state index contributed by atoms with van der Waals surface area (Å²) in [5.41, 5.74) is 1.02. The second-order valence-electron chi connectivity index (χ2n) is 5.79. The van der Waals surface area contributed by atoms with Crippen LogP contribution < -0.4 is 15.8 Å². The fourth-order valence-corrected chi connectivity index (χ4v) is 2.74. The van der Waals surface area contributed by atoms with E-state index in [0.29, 0.717) is 43.2 Å². The van der Waals surface area contributed by atoms with Crippen LogP contribution in [0.1, 0.15) is 5.56 Å². The van der Waals surface area contributed by atoms with Gasteiger partial charge in [0.05, 0.1) is 31.5 Å². The Balaban J connectivity index is 1.83. The van der Waals surface area contributed by atoms with Gasteiger partial charge in [0, 0.05) is 20.1 Å². The minimum absolute atomic E-state index is 0.00945. The van der Waals surface area contributed by atoms with Crippen LogP contribution in [-0.2, 0) is 23.0 Å². The molecule has 0 atom stereocenters. The number of carbonyl (C=O) groups is 1. The predicted molar refractivity (Wildman–Crippen MR) is 91.2 cm³/mol. The Morgan fingerprint density at radius 1 is 1.36 bits per heavy atom. The molecule has 8 heteroatoms. The Hall–Kier alpha value is -2.74. The Bertz CT molecular complexity index is 831. The van der Waals surface area contributed by atoms with Gasteiger partial charge in [0.2, 0.25) is 5.91 Å². The van der Waals surface area contributed by atoms with Gasteiger partial charge in [0.25, 0.3) is 5.56 Å². The molecule has 25 heavy (non-hydrogen) atoms. The predicted octanol–water partition coefficient (Wildman–Crippen LogP) is 0.937. The number of rotatable bonds is 4. The maximum atomic E-state index is 13.2. The molecular formula is C17H19FN4O3. The van der Waals surface area contributed by atoms with E-state index < -0.39 is 5.82 Å². The lowest BCUT2D eigenvalue weighted by Gasteiger charge is -2.29. The minimum Gasteiger partial charge on any atom is -0.378 e. The zero-order chi connectivity index (χ0) is 17.8. The lowest BCUT2D eigenvalue weighted by atomic mass is 10.1. The highest BCUT2D eigenvalue weighted by Crippen LogP contribution is 2.21. The molecule has 1 aliphatic heterocycles. The van der Waals surface area contributed by atoms with Gasteiger partial charge in [-0.25, -0.2) is 9.07 Å². The van der Waals surface area contributed by atoms with Gasteiger partial charge < -0.3 is 15.0 Å². The summed E-state index contributed by atoms with van der Waals surface area (Å²) < 4.78 is 19.8. The maximum Gasteiger partial charge on any atom is 0.292 e. The van der Waals surface area contributed by atoms with Crippen molar-refractivity contribution >= 4 is 17.3 Å². The van der Waals surface area contributed by atoms with Gasteiger partial charge in [-0.2, -0.15) is 5.10 Å². The number of aromatic nitrogens is 2. The second-order valence-corrected chi connectivity index (χ2v) is 5.79. The van der Waals surface area contributed by atoms with Gasteiger partial charge >= 0.3 is 0 Å². The Labute approximate surface area is 144 Å². The van der Waals surface area contributed by atoms with Crippen LogP contribution in [0.5, 0.6) is 0 Å². The number of aryl methyl sites for hydroxylation is 1. The van der Waals surface area contributed by atoms with Crippen LogP contribution in [-0.4, -0.2) is 42.0 Å². The summed E-state index contributed by atoms with van der Waals surface area (Å²) in [5, 5.41) is 6.70. The average Bonchev–Trinajstić information content (AvgIpc) is 2.59. The molecule has 2 heterocycles. The topological polar surface area (TPSA) is 76.5 Å². The number of halogens is 1. The number of hydrogen-bond acceptors (Lipinski definition) is 5. The van der Waals surface area contributed by atoms with Crippen molar-refractivity contribution in [1.82, 2.24) is 9.78 Å². The Morgan fingerprint density at radius 3 is 2.84 bits per heavy atom. The van der Waals surface area contributed by atoms with Crippen molar-refractivity contribution in [2.45, 2.75) is 6.42 Å². The number of hydrogen-bond donors (Lipinski definition) is 1. The van der Waals surface area contributed by atoms with Crippen molar-refractivity contribution in [2.24, 2.45) is 7.05 Å². The minimum atomic E-state index is -0.394. The van der Waals surface area contributed by atoms with Gasteiger partial charge in [-0.05, 0) is 17.7 Å². The highest BCUT2D eigenvalue weighted by molar-refractivity contribution is 5.95. The fourth-order valence-electron chi connectivity index (χ4n) is 2.74. The smallest absolute Gasteiger partial charge is 0.292 e. The van der Waals surface area contributed by atoms with Crippen LogP contribution >= 0.6 is 0 Å². The van der Waals surface area contributed by atoms with Gasteiger partial charge in [0.1, 0.15) is 11.5 Å². The monoisotopic (exact) mass is 346 g/mol. The van der Waals surface area contributed by atoms with E-state index >= 15 is 0 Å². The summed E-state index contributed by atoms with van der Waals surface area (Å²) in [5.74, 6) is -0.732. The van der Waals surface area contributed by atoms with Crippen LogP contribution in [0, 0.1) is 5.82 Å². The molecule has 0 radical (unpaired) electrons. The standard InChI is InChI=1S/C17H19FN4O3/c1-21-17(24)16(22-5-7-25-8-6-22)14(11-19-21)20-15(23)10-12-3-2-4-13(18)9-12/h2-4,9,11H,5-8,10H2,1H3,(H,20,23). The largest absolute Gasteiger partial charge is 0.378 e. The lowest BCUT2D eigenvalue weighted by Crippen LogP contribution is -2.41. The van der Waals surface area contributed by atoms with E-state index in [1.165, 1.54) is 23.0 Å². The van der Waals surface area contributed by atoms with Crippen LogP contribution in [0.15, 0.2) is 35.3 Å². The van der Waals surface area contributed by atoms with Crippen molar-refractivity contribution < 1.29 is 13.9 Å². The van der Waals surface area contributed by atoms with Crippen LogP contribution in [0.2, 0.25) is 0 Å². The summed E-state index contributed by atoms with van der Waals surface area (Å²) in [7, 11) is 1.56. The molecule has 1 aromatic carbocycles. The number of ether oxygens (including phenoxy) is 1. The van der Waals surface area contributed by atoms with Gasteiger partial charge in [-0.1, -0.05) is 12.1 Å². The molecule has 0 spiro atoms. The molecule has 1 aromatic heterocycles. The summed E-state index contributed by atoms with van der Waals surface area (Å²) in [6.07, 6.45) is 1.46. The summed E-state index contributed by atoms with van der Waals surface area (Å²) >= 11 is 0. The fraction of sp³-hybridized carbons (Fsp3) is 0.353. The van der Waals surface area contributed by atoms with Crippen molar-refractivity contribution in [3.63, 3.8) is 0 Å². The molecular weight excluding hydrogens is 327 g/mol. The number of amides is 1. The highest BCUT2D eigenvalue weighted by Gasteiger charge is 2.21. The zero-order valence-electron chi connectivity index (χ0n) is 13.9. The van der Waals surface area contributed by atoms with Crippen molar-refractivity contribution in [1.29, 1.82) is 0 Å². The summed E-state index contributed by atoms with van der Waals surface area (Å²) in [6, 6.07) is 5.86. The van der Waals surface area contributed by atoms with Crippen LogP contribution in [0.25, 0.3) is 0 Å². The number of carbonyl (C=O) groups excluding carboxylic acids is 1. The number of nitrogens with one attached hydrogen (secondary N) is 1. The molecule has 0 saturated carbocycles. The number of benzene rings is 1. The van der Waals surface area contributed by atoms with E-state index in [1.807, 2.05) is 4.90 Å². The molecule has 132 valence electrons. The van der Waals surface area contributed by atoms with Crippen molar-refractivity contribution in [3.05, 3.63) is 52.2 Å². The van der Waals surface area contributed by atoms with E-state index in [-0.39, 0.29) is 17.9 Å². The molecule has 1 saturated heterocycles. The van der Waals surface area contributed by atoms with Gasteiger partial charge in [-0.15, -0.1) is 0 Å². The molecule has 1 fully saturated rings. The average molecular weight is 346 g/mol. The lowest BCUT2D eigenvalue weighted by molar-refractivity contribution is -0.115. The molecule has 1 aliphatic rings. The maximum absolute atomic E-state index is 13.2.